The van der Waals surface area contributed by atoms with Crippen LogP contribution >= 0.6 is 0 Å². The van der Waals surface area contributed by atoms with Gasteiger partial charge in [0.2, 0.25) is 0 Å². The summed E-state index contributed by atoms with van der Waals surface area (Å²) in [5.74, 6) is 0. The predicted octanol–water partition coefficient (Wildman–Crippen LogP) is 9.70. The van der Waals surface area contributed by atoms with Crippen molar-refractivity contribution in [3.05, 3.63) is 71.8 Å². The van der Waals surface area contributed by atoms with Crippen molar-refractivity contribution in [3.8, 4) is 0 Å². The van der Waals surface area contributed by atoms with E-state index in [1.165, 1.54) is 49.9 Å². The van der Waals surface area contributed by atoms with Crippen LogP contribution in [0, 0.1) is 13.8 Å². The summed E-state index contributed by atoms with van der Waals surface area (Å²) in [4.78, 5) is 0. The van der Waals surface area contributed by atoms with Crippen molar-refractivity contribution < 1.29 is 8.83 Å². The first-order valence-electron chi connectivity index (χ1n) is 11.3. The number of hydrogen-bond donors (Lipinski definition) is 0. The number of benzene rings is 4. The highest BCUT2D eigenvalue weighted by Crippen LogP contribution is 2.40. The monoisotopic (exact) mass is 410 g/mol. The number of furan rings is 2. The maximum absolute atomic E-state index is 6.09. The molecule has 0 bridgehead atoms. The highest BCUT2D eigenvalue weighted by atomic mass is 16.3. The van der Waals surface area contributed by atoms with Gasteiger partial charge in [0, 0.05) is 21.5 Å². The third-order valence-electron chi connectivity index (χ3n) is 5.37. The zero-order chi connectivity index (χ0) is 22.1. The summed E-state index contributed by atoms with van der Waals surface area (Å²) in [6.07, 6.45) is 1.25. The zero-order valence-corrected chi connectivity index (χ0v) is 19.3. The Labute approximate surface area is 183 Å². The van der Waals surface area contributed by atoms with E-state index >= 15 is 0 Å². The van der Waals surface area contributed by atoms with E-state index in [4.69, 9.17) is 8.83 Å². The molecule has 31 heavy (non-hydrogen) atoms. The van der Waals surface area contributed by atoms with Gasteiger partial charge in [0.05, 0.1) is 0 Å². The van der Waals surface area contributed by atoms with Crippen molar-refractivity contribution in [1.82, 2.24) is 0 Å². The van der Waals surface area contributed by atoms with Crippen LogP contribution in [-0.4, -0.2) is 0 Å². The second-order valence-electron chi connectivity index (χ2n) is 7.88. The van der Waals surface area contributed by atoms with E-state index in [9.17, 15) is 0 Å². The first-order valence-corrected chi connectivity index (χ1v) is 11.3. The van der Waals surface area contributed by atoms with Crippen LogP contribution in [0.25, 0.3) is 54.6 Å². The van der Waals surface area contributed by atoms with Crippen LogP contribution in [0.2, 0.25) is 0 Å². The molecular weight excluding hydrogens is 380 g/mol. The molecule has 0 fully saturated rings. The molecule has 0 aliphatic rings. The summed E-state index contributed by atoms with van der Waals surface area (Å²) in [7, 11) is 0. The lowest BCUT2D eigenvalue weighted by molar-refractivity contribution is 0.668. The van der Waals surface area contributed by atoms with Crippen LogP contribution in [0.4, 0.5) is 0 Å². The first-order chi connectivity index (χ1) is 15.1. The Balaban J connectivity index is 0.000000429. The van der Waals surface area contributed by atoms with E-state index in [-0.39, 0.29) is 0 Å². The van der Waals surface area contributed by atoms with Gasteiger partial charge in [-0.05, 0) is 73.2 Å². The lowest BCUT2D eigenvalue weighted by Crippen LogP contribution is -1.78. The summed E-state index contributed by atoms with van der Waals surface area (Å²) >= 11 is 0. The third kappa shape index (κ3) is 3.46. The molecule has 0 spiro atoms. The molecule has 2 nitrogen and oxygen atoms in total. The van der Waals surface area contributed by atoms with Crippen molar-refractivity contribution in [2.45, 2.75) is 48.0 Å². The number of aryl methyl sites for hydroxylation is 2. The van der Waals surface area contributed by atoms with Gasteiger partial charge in [-0.15, -0.1) is 0 Å². The standard InChI is InChI=1S/C24H16O2.C3H8.C2H6/c1-13-3-7-19-17(11-13)23-15-5-10-22-24(16(15)6-9-21(23)25-19)18-12-14(2)4-8-20(18)26-22;1-3-2;1-2/h3-12H,1-2H3;3H2,1-2H3;1-2H3. The zero-order valence-electron chi connectivity index (χ0n) is 19.3. The van der Waals surface area contributed by atoms with Crippen molar-refractivity contribution >= 4 is 54.6 Å². The Hall–Kier alpha value is -3.26. The molecule has 0 aliphatic heterocycles. The summed E-state index contributed by atoms with van der Waals surface area (Å²) in [6.45, 7) is 12.5. The highest BCUT2D eigenvalue weighted by Gasteiger charge is 2.15. The molecule has 0 aliphatic carbocycles. The molecule has 2 heteroatoms. The Morgan fingerprint density at radius 3 is 1.26 bits per heavy atom. The third-order valence-corrected chi connectivity index (χ3v) is 5.37. The normalized spacial score (nSPS) is 11.0. The van der Waals surface area contributed by atoms with Crippen LogP contribution in [0.3, 0.4) is 0 Å². The lowest BCUT2D eigenvalue weighted by atomic mass is 9.99. The molecule has 0 saturated heterocycles. The minimum atomic E-state index is 0.932. The topological polar surface area (TPSA) is 26.3 Å². The number of rotatable bonds is 0. The predicted molar refractivity (Wildman–Crippen MR) is 135 cm³/mol. The molecule has 0 saturated carbocycles. The van der Waals surface area contributed by atoms with Crippen LogP contribution in [0.15, 0.2) is 69.5 Å². The van der Waals surface area contributed by atoms with Crippen molar-refractivity contribution in [3.63, 3.8) is 0 Å². The fraction of sp³-hybridized carbons (Fsp3) is 0.241. The summed E-state index contributed by atoms with van der Waals surface area (Å²) in [5, 5.41) is 7.14. The minimum absolute atomic E-state index is 0.932. The molecule has 0 amide bonds. The molecule has 158 valence electrons. The first kappa shape index (κ1) is 21.0. The molecular formula is C29H30O2. The Morgan fingerprint density at radius 1 is 0.516 bits per heavy atom. The summed E-state index contributed by atoms with van der Waals surface area (Å²) < 4.78 is 12.2. The molecule has 0 atom stereocenters. The van der Waals surface area contributed by atoms with Crippen molar-refractivity contribution in [2.75, 3.05) is 0 Å². The molecule has 0 radical (unpaired) electrons. The van der Waals surface area contributed by atoms with Gasteiger partial charge in [-0.25, -0.2) is 0 Å². The maximum Gasteiger partial charge on any atom is 0.136 e. The number of fused-ring (bicyclic) bond motifs is 9. The van der Waals surface area contributed by atoms with E-state index in [2.05, 4.69) is 88.4 Å². The lowest BCUT2D eigenvalue weighted by Gasteiger charge is -2.02. The minimum Gasteiger partial charge on any atom is -0.456 e. The maximum atomic E-state index is 6.09. The van der Waals surface area contributed by atoms with E-state index in [0.29, 0.717) is 0 Å². The molecule has 0 N–H and O–H groups in total. The Morgan fingerprint density at radius 2 is 0.871 bits per heavy atom. The smallest absolute Gasteiger partial charge is 0.136 e. The quantitative estimate of drug-likeness (QED) is 0.249. The second-order valence-corrected chi connectivity index (χ2v) is 7.88. The largest absolute Gasteiger partial charge is 0.456 e. The van der Waals surface area contributed by atoms with Gasteiger partial charge in [0.15, 0.2) is 0 Å². The van der Waals surface area contributed by atoms with E-state index in [1.54, 1.807) is 0 Å². The molecule has 6 rings (SSSR count). The van der Waals surface area contributed by atoms with Gasteiger partial charge in [-0.3, -0.25) is 0 Å². The Bertz CT molecular complexity index is 1400. The SMILES string of the molecule is CC.CCC.Cc1ccc2oc3ccc4c(ccc5oc6ccc(C)cc6c54)c3c2c1. The molecule has 2 heterocycles. The fourth-order valence-electron chi connectivity index (χ4n) is 4.18. The van der Waals surface area contributed by atoms with Gasteiger partial charge in [0.1, 0.15) is 22.3 Å². The molecule has 0 unspecified atom stereocenters. The van der Waals surface area contributed by atoms with Gasteiger partial charge < -0.3 is 8.83 Å². The van der Waals surface area contributed by atoms with Gasteiger partial charge in [-0.2, -0.15) is 0 Å². The molecule has 6 aromatic rings. The van der Waals surface area contributed by atoms with Crippen LogP contribution < -0.4 is 0 Å². The van der Waals surface area contributed by atoms with E-state index < -0.39 is 0 Å². The van der Waals surface area contributed by atoms with Crippen LogP contribution in [0.5, 0.6) is 0 Å². The highest BCUT2D eigenvalue weighted by molar-refractivity contribution is 6.27. The van der Waals surface area contributed by atoms with E-state index in [0.717, 1.165) is 22.3 Å². The second kappa shape index (κ2) is 8.47. The molecule has 4 aromatic carbocycles. The average Bonchev–Trinajstić information content (AvgIpc) is 3.33. The van der Waals surface area contributed by atoms with Gasteiger partial charge >= 0.3 is 0 Å². The van der Waals surface area contributed by atoms with Gasteiger partial charge in [0.25, 0.3) is 0 Å². The Kier molecular flexibility index (Phi) is 5.73. The summed E-state index contributed by atoms with van der Waals surface area (Å²) in [6, 6.07) is 21.2. The van der Waals surface area contributed by atoms with Crippen molar-refractivity contribution in [1.29, 1.82) is 0 Å². The van der Waals surface area contributed by atoms with E-state index in [1.807, 2.05) is 13.8 Å². The number of hydrogen-bond acceptors (Lipinski definition) is 2. The molecule has 2 aromatic heterocycles. The van der Waals surface area contributed by atoms with Crippen LogP contribution in [0.1, 0.15) is 45.2 Å². The average molecular weight is 411 g/mol. The van der Waals surface area contributed by atoms with Crippen molar-refractivity contribution in [2.24, 2.45) is 0 Å². The van der Waals surface area contributed by atoms with Crippen LogP contribution in [-0.2, 0) is 0 Å². The fourth-order valence-corrected chi connectivity index (χ4v) is 4.18. The summed E-state index contributed by atoms with van der Waals surface area (Å²) in [5.41, 5.74) is 6.21. The van der Waals surface area contributed by atoms with Gasteiger partial charge in [-0.1, -0.05) is 57.4 Å².